The van der Waals surface area contributed by atoms with Crippen molar-refractivity contribution in [2.45, 2.75) is 4.90 Å². The van der Waals surface area contributed by atoms with Crippen LogP contribution in [0.3, 0.4) is 0 Å². The molecule has 0 fully saturated rings. The second-order valence-corrected chi connectivity index (χ2v) is 11.0. The molecule has 4 aromatic carbocycles. The minimum absolute atomic E-state index is 0.0487. The van der Waals surface area contributed by atoms with Gasteiger partial charge in [0, 0.05) is 12.1 Å². The lowest BCUT2D eigenvalue weighted by Gasteiger charge is -2.20. The molecule has 41 heavy (non-hydrogen) atoms. The average Bonchev–Trinajstić information content (AvgIpc) is 2.97. The Morgan fingerprint density at radius 3 is 2.05 bits per heavy atom. The summed E-state index contributed by atoms with van der Waals surface area (Å²) in [7, 11) is 0.494. The molecule has 0 aromatic heterocycles. The van der Waals surface area contributed by atoms with E-state index in [-0.39, 0.29) is 33.2 Å². The summed E-state index contributed by atoms with van der Waals surface area (Å²) in [4.78, 5) is 24.9. The number of carbonyl (C=O) groups excluding carboxylic acids is 1. The highest BCUT2D eigenvalue weighted by molar-refractivity contribution is 7.92. The molecule has 0 unspecified atom stereocenters. The number of carboxylic acids is 1. The van der Waals surface area contributed by atoms with E-state index in [1.165, 1.54) is 69.8 Å². The summed E-state index contributed by atoms with van der Waals surface area (Å²) >= 11 is 5.95. The van der Waals surface area contributed by atoms with Crippen LogP contribution in [0.15, 0.2) is 89.8 Å². The topological polar surface area (TPSA) is 131 Å². The minimum Gasteiger partial charge on any atom is -0.497 e. The van der Waals surface area contributed by atoms with Gasteiger partial charge in [-0.25, -0.2) is 13.2 Å². The van der Waals surface area contributed by atoms with E-state index in [0.717, 1.165) is 4.31 Å². The number of halogens is 1. The molecule has 2 N–H and O–H groups in total. The molecule has 10 nitrogen and oxygen atoms in total. The average molecular weight is 597 g/mol. The molecule has 0 saturated carbocycles. The van der Waals surface area contributed by atoms with Crippen molar-refractivity contribution in [3.05, 3.63) is 101 Å². The molecule has 4 aromatic rings. The number of aromatic carboxylic acids is 1. The Hall–Kier alpha value is -4.74. The molecule has 0 aliphatic carbocycles. The molecule has 0 aliphatic rings. The van der Waals surface area contributed by atoms with Gasteiger partial charge in [0.15, 0.2) is 0 Å². The van der Waals surface area contributed by atoms with Crippen molar-refractivity contribution in [3.8, 4) is 23.0 Å². The molecule has 0 atom stereocenters. The first-order valence-corrected chi connectivity index (χ1v) is 13.8. The molecule has 212 valence electrons. The van der Waals surface area contributed by atoms with Crippen LogP contribution in [0.5, 0.6) is 23.0 Å². The maximum Gasteiger partial charge on any atom is 0.337 e. The third kappa shape index (κ3) is 6.53. The van der Waals surface area contributed by atoms with Crippen LogP contribution in [0.2, 0.25) is 5.02 Å². The first-order valence-electron chi connectivity index (χ1n) is 12.0. The molecule has 0 heterocycles. The highest BCUT2D eigenvalue weighted by Gasteiger charge is 2.22. The number of methoxy groups -OCH3 is 2. The van der Waals surface area contributed by atoms with Crippen molar-refractivity contribution >= 4 is 44.9 Å². The molecule has 0 saturated heterocycles. The van der Waals surface area contributed by atoms with Crippen molar-refractivity contribution < 1.29 is 37.3 Å². The van der Waals surface area contributed by atoms with Crippen LogP contribution in [0.25, 0.3) is 0 Å². The van der Waals surface area contributed by atoms with Crippen molar-refractivity contribution in [1.82, 2.24) is 0 Å². The molecule has 0 bridgehead atoms. The van der Waals surface area contributed by atoms with Crippen LogP contribution in [-0.4, -0.2) is 46.7 Å². The summed E-state index contributed by atoms with van der Waals surface area (Å²) in [6.07, 6.45) is 0. The SMILES string of the molecule is COc1ccc(S(=O)(=O)N(C)c2ccc(Oc3ccc(NC(=O)c4ccc(Cl)cc4OC)c(C(=O)O)c3)cc2)cc1. The summed E-state index contributed by atoms with van der Waals surface area (Å²) in [5.74, 6) is -0.568. The summed E-state index contributed by atoms with van der Waals surface area (Å²) < 4.78 is 43.2. The lowest BCUT2D eigenvalue weighted by atomic mass is 10.1. The van der Waals surface area contributed by atoms with Crippen LogP contribution in [-0.2, 0) is 10.0 Å². The summed E-state index contributed by atoms with van der Waals surface area (Å²) in [6.45, 7) is 0. The van der Waals surface area contributed by atoms with Crippen molar-refractivity contribution in [2.75, 3.05) is 30.9 Å². The third-order valence-corrected chi connectivity index (χ3v) is 8.07. The summed E-state index contributed by atoms with van der Waals surface area (Å²) in [6, 6.07) is 20.9. The minimum atomic E-state index is -3.82. The van der Waals surface area contributed by atoms with Gasteiger partial charge in [0.25, 0.3) is 15.9 Å². The van der Waals surface area contributed by atoms with E-state index < -0.39 is 21.9 Å². The van der Waals surface area contributed by atoms with Gasteiger partial charge in [-0.3, -0.25) is 9.10 Å². The van der Waals surface area contributed by atoms with E-state index in [2.05, 4.69) is 5.32 Å². The quantitative estimate of drug-likeness (QED) is 0.230. The number of carbonyl (C=O) groups is 2. The molecule has 0 aliphatic heterocycles. The summed E-state index contributed by atoms with van der Waals surface area (Å²) in [5.41, 5.74) is 0.404. The predicted molar refractivity (Wildman–Crippen MR) is 154 cm³/mol. The second kappa shape index (κ2) is 12.2. The van der Waals surface area contributed by atoms with E-state index >= 15 is 0 Å². The number of nitrogens with zero attached hydrogens (tertiary/aromatic N) is 1. The van der Waals surface area contributed by atoms with Crippen LogP contribution in [0.1, 0.15) is 20.7 Å². The predicted octanol–water partition coefficient (Wildman–Crippen LogP) is 5.93. The normalized spacial score (nSPS) is 10.9. The van der Waals surface area contributed by atoms with E-state index in [4.69, 9.17) is 25.8 Å². The number of hydrogen-bond acceptors (Lipinski definition) is 7. The van der Waals surface area contributed by atoms with Gasteiger partial charge >= 0.3 is 5.97 Å². The Labute approximate surface area is 241 Å². The molecular formula is C29H25ClN2O8S. The first-order chi connectivity index (χ1) is 19.5. The highest BCUT2D eigenvalue weighted by Crippen LogP contribution is 2.31. The number of benzene rings is 4. The van der Waals surface area contributed by atoms with Crippen molar-refractivity contribution in [2.24, 2.45) is 0 Å². The van der Waals surface area contributed by atoms with Gasteiger partial charge < -0.3 is 24.6 Å². The fraction of sp³-hybridized carbons (Fsp3) is 0.103. The number of anilines is 2. The third-order valence-electron chi connectivity index (χ3n) is 6.03. The molecule has 0 spiro atoms. The molecule has 12 heteroatoms. The Morgan fingerprint density at radius 1 is 0.805 bits per heavy atom. The number of carboxylic acid groups (broad SMARTS) is 1. The van der Waals surface area contributed by atoms with Gasteiger partial charge in [0.1, 0.15) is 23.0 Å². The van der Waals surface area contributed by atoms with Crippen LogP contribution >= 0.6 is 11.6 Å². The lowest BCUT2D eigenvalue weighted by molar-refractivity contribution is 0.0697. The van der Waals surface area contributed by atoms with E-state index in [1.54, 1.807) is 36.4 Å². The number of nitrogens with one attached hydrogen (secondary N) is 1. The number of amides is 1. The maximum atomic E-state index is 13.0. The Balaban J connectivity index is 1.50. The molecular weight excluding hydrogens is 572 g/mol. The number of sulfonamides is 1. The van der Waals surface area contributed by atoms with Crippen LogP contribution in [0.4, 0.5) is 11.4 Å². The second-order valence-electron chi connectivity index (χ2n) is 8.56. The zero-order valence-electron chi connectivity index (χ0n) is 22.1. The Bertz CT molecular complexity index is 1690. The fourth-order valence-corrected chi connectivity index (χ4v) is 5.18. The standard InChI is InChI=1S/C29H25ClN2O8S/c1-32(41(36,37)23-12-9-20(38-2)10-13-23)19-5-7-21(8-6-19)40-22-11-15-26(25(17-22)29(34)35)31-28(33)24-14-4-18(30)16-27(24)39-3/h4-17H,1-3H3,(H,31,33)(H,34,35). The van der Waals surface area contributed by atoms with E-state index in [9.17, 15) is 23.1 Å². The zero-order valence-corrected chi connectivity index (χ0v) is 23.7. The lowest BCUT2D eigenvalue weighted by Crippen LogP contribution is -2.26. The van der Waals surface area contributed by atoms with E-state index in [0.29, 0.717) is 22.2 Å². The molecule has 0 radical (unpaired) electrons. The first kappa shape index (κ1) is 29.2. The largest absolute Gasteiger partial charge is 0.497 e. The zero-order chi connectivity index (χ0) is 29.7. The molecule has 4 rings (SSSR count). The maximum absolute atomic E-state index is 13.0. The van der Waals surface area contributed by atoms with Crippen LogP contribution < -0.4 is 23.8 Å². The highest BCUT2D eigenvalue weighted by atomic mass is 35.5. The number of hydrogen-bond donors (Lipinski definition) is 2. The van der Waals surface area contributed by atoms with Crippen molar-refractivity contribution in [1.29, 1.82) is 0 Å². The number of ether oxygens (including phenoxy) is 3. The smallest absolute Gasteiger partial charge is 0.337 e. The Morgan fingerprint density at radius 2 is 1.44 bits per heavy atom. The van der Waals surface area contributed by atoms with Crippen LogP contribution in [0, 0.1) is 0 Å². The summed E-state index contributed by atoms with van der Waals surface area (Å²) in [5, 5.41) is 12.7. The van der Waals surface area contributed by atoms with Gasteiger partial charge in [-0.1, -0.05) is 11.6 Å². The van der Waals surface area contributed by atoms with Gasteiger partial charge in [-0.2, -0.15) is 0 Å². The van der Waals surface area contributed by atoms with Gasteiger partial charge in [-0.15, -0.1) is 0 Å². The van der Waals surface area contributed by atoms with Gasteiger partial charge in [-0.05, 0) is 84.9 Å². The number of rotatable bonds is 10. The van der Waals surface area contributed by atoms with E-state index in [1.807, 2.05) is 0 Å². The van der Waals surface area contributed by atoms with Gasteiger partial charge in [0.2, 0.25) is 0 Å². The fourth-order valence-electron chi connectivity index (χ4n) is 3.82. The monoisotopic (exact) mass is 596 g/mol. The Kier molecular flexibility index (Phi) is 8.70. The van der Waals surface area contributed by atoms with Gasteiger partial charge in [0.05, 0.1) is 41.6 Å². The van der Waals surface area contributed by atoms with Crippen molar-refractivity contribution in [3.63, 3.8) is 0 Å². The molecule has 1 amide bonds.